The molecule has 4 N–H and O–H groups in total. The van der Waals surface area contributed by atoms with Crippen molar-refractivity contribution in [1.29, 1.82) is 0 Å². The molecule has 8 nitrogen and oxygen atoms in total. The number of hydrogen-bond donors (Lipinski definition) is 3. The summed E-state index contributed by atoms with van der Waals surface area (Å²) in [6.45, 7) is 6.74. The van der Waals surface area contributed by atoms with Gasteiger partial charge in [-0.25, -0.2) is 4.79 Å². The van der Waals surface area contributed by atoms with Crippen LogP contribution in [0.4, 0.5) is 17.2 Å². The molecule has 0 unspecified atom stereocenters. The predicted molar refractivity (Wildman–Crippen MR) is 138 cm³/mol. The van der Waals surface area contributed by atoms with Gasteiger partial charge in [-0.05, 0) is 35.6 Å². The van der Waals surface area contributed by atoms with E-state index in [1.54, 1.807) is 0 Å². The summed E-state index contributed by atoms with van der Waals surface area (Å²) in [6, 6.07) is 17.2. The third-order valence-electron chi connectivity index (χ3n) is 5.72. The fourth-order valence-electron chi connectivity index (χ4n) is 3.70. The number of anilines is 3. The van der Waals surface area contributed by atoms with Crippen molar-refractivity contribution in [2.45, 2.75) is 46.1 Å². The van der Waals surface area contributed by atoms with E-state index < -0.39 is 11.2 Å². The third kappa shape index (κ3) is 5.95. The molecule has 0 saturated heterocycles. The Morgan fingerprint density at radius 2 is 1.76 bits per heavy atom. The van der Waals surface area contributed by atoms with Gasteiger partial charge in [-0.1, -0.05) is 69.7 Å². The van der Waals surface area contributed by atoms with E-state index in [0.29, 0.717) is 18.9 Å². The van der Waals surface area contributed by atoms with Gasteiger partial charge < -0.3 is 16.0 Å². The van der Waals surface area contributed by atoms with E-state index in [0.717, 1.165) is 17.7 Å². The maximum absolute atomic E-state index is 13.2. The fraction of sp³-hybridized carbons (Fsp3) is 0.346. The first-order chi connectivity index (χ1) is 16.3. The van der Waals surface area contributed by atoms with Crippen molar-refractivity contribution in [3.8, 4) is 0 Å². The molecule has 180 valence electrons. The van der Waals surface area contributed by atoms with Gasteiger partial charge in [-0.15, -0.1) is 0 Å². The van der Waals surface area contributed by atoms with Crippen LogP contribution >= 0.6 is 0 Å². The topological polar surface area (TPSA) is 113 Å². The van der Waals surface area contributed by atoms with Crippen molar-refractivity contribution >= 4 is 23.1 Å². The van der Waals surface area contributed by atoms with Crippen molar-refractivity contribution in [1.82, 2.24) is 9.55 Å². The van der Waals surface area contributed by atoms with Crippen LogP contribution in [-0.4, -0.2) is 28.5 Å². The second-order valence-electron chi connectivity index (χ2n) is 8.59. The second kappa shape index (κ2) is 11.4. The Kier molecular flexibility index (Phi) is 8.29. The number of nitrogens with zero attached hydrogens (tertiary/aromatic N) is 2. The van der Waals surface area contributed by atoms with Crippen molar-refractivity contribution < 1.29 is 4.79 Å². The van der Waals surface area contributed by atoms with Gasteiger partial charge in [0.15, 0.2) is 5.69 Å². The first-order valence-corrected chi connectivity index (χ1v) is 11.6. The van der Waals surface area contributed by atoms with E-state index in [1.807, 2.05) is 61.5 Å². The summed E-state index contributed by atoms with van der Waals surface area (Å²) in [6.07, 6.45) is 1.51. The number of benzene rings is 2. The summed E-state index contributed by atoms with van der Waals surface area (Å²) in [7, 11) is 0. The monoisotopic (exact) mass is 463 g/mol. The van der Waals surface area contributed by atoms with Gasteiger partial charge >= 0.3 is 5.69 Å². The van der Waals surface area contributed by atoms with Crippen LogP contribution < -0.4 is 27.2 Å². The van der Waals surface area contributed by atoms with Crippen molar-refractivity contribution in [3.63, 3.8) is 0 Å². The van der Waals surface area contributed by atoms with Gasteiger partial charge in [-0.2, -0.15) is 0 Å². The molecule has 1 amide bonds. The Hall–Kier alpha value is -3.81. The summed E-state index contributed by atoms with van der Waals surface area (Å²) < 4.78 is 1.29. The Balaban J connectivity index is 1.88. The molecule has 0 aliphatic carbocycles. The molecule has 0 spiro atoms. The summed E-state index contributed by atoms with van der Waals surface area (Å²) in [5.41, 5.74) is 7.92. The smallest absolute Gasteiger partial charge is 0.330 e. The fourth-order valence-corrected chi connectivity index (χ4v) is 3.70. The zero-order valence-electron chi connectivity index (χ0n) is 20.0. The van der Waals surface area contributed by atoms with Crippen LogP contribution in [0.3, 0.4) is 0 Å². The summed E-state index contributed by atoms with van der Waals surface area (Å²) in [5, 5.41) is 3.13. The largest absolute Gasteiger partial charge is 0.383 e. The molecule has 0 saturated carbocycles. The summed E-state index contributed by atoms with van der Waals surface area (Å²) >= 11 is 0. The van der Waals surface area contributed by atoms with Crippen LogP contribution in [0.5, 0.6) is 0 Å². The summed E-state index contributed by atoms with van der Waals surface area (Å²) in [4.78, 5) is 42.2. The zero-order chi connectivity index (χ0) is 24.7. The minimum Gasteiger partial charge on any atom is -0.383 e. The van der Waals surface area contributed by atoms with Crippen LogP contribution in [0.15, 0.2) is 64.2 Å². The third-order valence-corrected chi connectivity index (χ3v) is 5.72. The van der Waals surface area contributed by atoms with Crippen LogP contribution in [0, 0.1) is 0 Å². The lowest BCUT2D eigenvalue weighted by Gasteiger charge is -2.25. The first-order valence-electron chi connectivity index (χ1n) is 11.6. The second-order valence-corrected chi connectivity index (χ2v) is 8.59. The number of carbonyl (C=O) groups excluding carboxylic acids is 1. The molecule has 0 radical (unpaired) electrons. The van der Waals surface area contributed by atoms with Gasteiger partial charge in [0.1, 0.15) is 5.82 Å². The lowest BCUT2D eigenvalue weighted by Crippen LogP contribution is -2.43. The van der Waals surface area contributed by atoms with Crippen LogP contribution in [0.1, 0.15) is 50.7 Å². The van der Waals surface area contributed by atoms with E-state index in [2.05, 4.69) is 24.1 Å². The van der Waals surface area contributed by atoms with Crippen molar-refractivity contribution in [2.75, 3.05) is 29.0 Å². The zero-order valence-corrected chi connectivity index (χ0v) is 20.0. The predicted octanol–water partition coefficient (Wildman–Crippen LogP) is 3.54. The SMILES string of the molecule is CCCCN(C(=O)CNc1ccc(C(C)C)cc1)c1c(N)n(Cc2ccccc2)c(=O)[nH]c1=O. The number of aromatic nitrogens is 2. The molecule has 3 aromatic rings. The highest BCUT2D eigenvalue weighted by molar-refractivity contribution is 5.98. The molecule has 0 atom stereocenters. The highest BCUT2D eigenvalue weighted by Crippen LogP contribution is 2.20. The lowest BCUT2D eigenvalue weighted by atomic mass is 10.0. The molecule has 8 heteroatoms. The lowest BCUT2D eigenvalue weighted by molar-refractivity contribution is -0.117. The van der Waals surface area contributed by atoms with E-state index in [1.165, 1.54) is 15.0 Å². The molecule has 0 aliphatic heterocycles. The highest BCUT2D eigenvalue weighted by atomic mass is 16.2. The van der Waals surface area contributed by atoms with Crippen molar-refractivity contribution in [3.05, 3.63) is 86.6 Å². The Bertz CT molecular complexity index is 1210. The molecule has 2 aromatic carbocycles. The standard InChI is InChI=1S/C26H33N5O3/c1-4-5-15-30(22(32)16-28-21-13-11-20(12-14-21)18(2)3)23-24(27)31(26(34)29-25(23)33)17-19-9-7-6-8-10-19/h6-14,18,28H,4-5,15-17,27H2,1-3H3,(H,29,33,34). The van der Waals surface area contributed by atoms with Crippen LogP contribution in [0.2, 0.25) is 0 Å². The number of unbranched alkanes of at least 4 members (excludes halogenated alkanes) is 1. The highest BCUT2D eigenvalue weighted by Gasteiger charge is 2.24. The quantitative estimate of drug-likeness (QED) is 0.426. The molecule has 0 fully saturated rings. The number of amides is 1. The maximum Gasteiger partial charge on any atom is 0.330 e. The van der Waals surface area contributed by atoms with Gasteiger partial charge in [0.2, 0.25) is 5.91 Å². The Labute approximate surface area is 199 Å². The van der Waals surface area contributed by atoms with Crippen LogP contribution in [0.25, 0.3) is 0 Å². The van der Waals surface area contributed by atoms with E-state index in [9.17, 15) is 14.4 Å². The number of nitrogen functional groups attached to an aromatic ring is 1. The van der Waals surface area contributed by atoms with Gasteiger partial charge in [0.25, 0.3) is 5.56 Å². The number of H-pyrrole nitrogens is 1. The molecular formula is C26H33N5O3. The first kappa shape index (κ1) is 24.8. The minimum atomic E-state index is -0.669. The summed E-state index contributed by atoms with van der Waals surface area (Å²) in [5.74, 6) is 0.0910. The molecule has 1 heterocycles. The number of nitrogens with one attached hydrogen (secondary N) is 2. The number of hydrogen-bond acceptors (Lipinski definition) is 5. The van der Waals surface area contributed by atoms with Gasteiger partial charge in [0.05, 0.1) is 13.1 Å². The Morgan fingerprint density at radius 3 is 2.38 bits per heavy atom. The maximum atomic E-state index is 13.2. The normalized spacial score (nSPS) is 10.9. The number of aromatic amines is 1. The van der Waals surface area contributed by atoms with Crippen molar-refractivity contribution in [2.24, 2.45) is 0 Å². The van der Waals surface area contributed by atoms with Crippen LogP contribution in [-0.2, 0) is 11.3 Å². The molecule has 1 aromatic heterocycles. The van der Waals surface area contributed by atoms with Gasteiger partial charge in [-0.3, -0.25) is 19.1 Å². The average Bonchev–Trinajstić information content (AvgIpc) is 2.83. The minimum absolute atomic E-state index is 0.00550. The molecular weight excluding hydrogens is 430 g/mol. The van der Waals surface area contributed by atoms with E-state index in [-0.39, 0.29) is 30.5 Å². The van der Waals surface area contributed by atoms with E-state index in [4.69, 9.17) is 5.73 Å². The number of carbonyl (C=O) groups is 1. The molecule has 0 aliphatic rings. The Morgan fingerprint density at radius 1 is 1.09 bits per heavy atom. The van der Waals surface area contributed by atoms with Gasteiger partial charge in [0, 0.05) is 12.2 Å². The van der Waals surface area contributed by atoms with E-state index >= 15 is 0 Å². The average molecular weight is 464 g/mol. The molecule has 34 heavy (non-hydrogen) atoms. The number of rotatable bonds is 10. The molecule has 3 rings (SSSR count). The number of nitrogens with two attached hydrogens (primary N) is 1. The molecule has 0 bridgehead atoms.